The summed E-state index contributed by atoms with van der Waals surface area (Å²) in [7, 11) is 1.55. The van der Waals surface area contributed by atoms with Crippen molar-refractivity contribution in [2.24, 2.45) is 11.5 Å². The van der Waals surface area contributed by atoms with Gasteiger partial charge in [-0.15, -0.1) is 0 Å². The number of carbonyl (C=O) groups is 4. The van der Waals surface area contributed by atoms with Crippen LogP contribution in [-0.2, 0) is 27.5 Å². The Labute approximate surface area is 269 Å². The van der Waals surface area contributed by atoms with E-state index in [1.54, 1.807) is 11.9 Å². The van der Waals surface area contributed by atoms with Crippen molar-refractivity contribution in [3.63, 3.8) is 0 Å². The number of hydrogen-bond donors (Lipinski definition) is 7. The number of carboxylic acids is 1. The molecule has 0 spiro atoms. The normalized spacial score (nSPS) is 11.3. The summed E-state index contributed by atoms with van der Waals surface area (Å²) in [5, 5.41) is 22.5. The van der Waals surface area contributed by atoms with Gasteiger partial charge < -0.3 is 37.4 Å². The molecule has 0 bridgehead atoms. The fraction of sp³-hybridized carbons (Fsp3) is 0.281. The number of primary amides is 1. The van der Waals surface area contributed by atoms with Crippen LogP contribution in [0.1, 0.15) is 41.0 Å². The summed E-state index contributed by atoms with van der Waals surface area (Å²) in [4.78, 5) is 49.2. The predicted molar refractivity (Wildman–Crippen MR) is 169 cm³/mol. The lowest BCUT2D eigenvalue weighted by Crippen LogP contribution is -2.49. The molecule has 9 N–H and O–H groups in total. The minimum atomic E-state index is -5.08. The van der Waals surface area contributed by atoms with Crippen LogP contribution in [0.5, 0.6) is 0 Å². The van der Waals surface area contributed by atoms with Crippen LogP contribution in [0.4, 0.5) is 18.0 Å². The quantitative estimate of drug-likeness (QED) is 0.0831. The molecular weight excluding hydrogens is 619 g/mol. The summed E-state index contributed by atoms with van der Waals surface area (Å²) in [6.07, 6.45) is -4.31. The van der Waals surface area contributed by atoms with E-state index >= 15 is 0 Å². The Morgan fingerprint density at radius 1 is 0.851 bits per heavy atom. The highest BCUT2D eigenvalue weighted by molar-refractivity contribution is 5.92. The van der Waals surface area contributed by atoms with Crippen LogP contribution in [0.2, 0.25) is 0 Å². The number of nitrogens with one attached hydrogen (secondary N) is 4. The molecule has 0 saturated heterocycles. The standard InChI is InChI=1S/C30H37N7O3.C2HF3O2/c1-34-30(40)36-19-21-14-16-22(17-15-21)20-37(25(27(31)38)13-8-18-35-29(32)33)28(39)26(23-9-4-2-5-10-23)24-11-6-3-7-12-24;3-2(4,5)1(6)7/h2-7,9-12,14-17,25-26H,8,13,18-20H2,1H3,(H2,31,38)(H4,32,33,35)(H2,34,36,40);(H,6,7)/t25-;/m1./s1. The zero-order chi connectivity index (χ0) is 35.0. The Balaban J connectivity index is 0.000000984. The van der Waals surface area contributed by atoms with Crippen LogP contribution in [0.3, 0.4) is 0 Å². The zero-order valence-electron chi connectivity index (χ0n) is 25.6. The van der Waals surface area contributed by atoms with Crippen LogP contribution in [0.15, 0.2) is 84.9 Å². The van der Waals surface area contributed by atoms with E-state index in [4.69, 9.17) is 26.8 Å². The molecule has 3 aromatic rings. The molecule has 0 aliphatic rings. The molecule has 0 heterocycles. The first-order valence-electron chi connectivity index (χ1n) is 14.4. The lowest BCUT2D eigenvalue weighted by atomic mass is 9.89. The number of halogens is 3. The van der Waals surface area contributed by atoms with Gasteiger partial charge in [0.15, 0.2) is 5.96 Å². The van der Waals surface area contributed by atoms with Gasteiger partial charge in [-0.2, -0.15) is 13.2 Å². The van der Waals surface area contributed by atoms with Crippen molar-refractivity contribution in [2.75, 3.05) is 13.6 Å². The highest BCUT2D eigenvalue weighted by Gasteiger charge is 2.38. The highest BCUT2D eigenvalue weighted by Crippen LogP contribution is 2.29. The Bertz CT molecular complexity index is 1430. The number of amides is 4. The van der Waals surface area contributed by atoms with Gasteiger partial charge >= 0.3 is 18.2 Å². The second-order valence-electron chi connectivity index (χ2n) is 10.2. The molecule has 0 aliphatic heterocycles. The SMILES string of the molecule is CNC(=O)NCc1ccc(CN(C(=O)C(c2ccccc2)c2ccccc2)[C@H](CCCNC(=N)N)C(N)=O)cc1.O=C(O)C(F)(F)F. The number of aliphatic carboxylic acids is 1. The van der Waals surface area contributed by atoms with Gasteiger partial charge in [0.1, 0.15) is 6.04 Å². The lowest BCUT2D eigenvalue weighted by Gasteiger charge is -2.33. The average molecular weight is 658 g/mol. The summed E-state index contributed by atoms with van der Waals surface area (Å²) in [6, 6.07) is 25.2. The van der Waals surface area contributed by atoms with Crippen LogP contribution in [0.25, 0.3) is 0 Å². The van der Waals surface area contributed by atoms with Gasteiger partial charge in [-0.1, -0.05) is 84.9 Å². The molecule has 0 unspecified atom stereocenters. The predicted octanol–water partition coefficient (Wildman–Crippen LogP) is 3.03. The van der Waals surface area contributed by atoms with Crippen molar-refractivity contribution in [3.05, 3.63) is 107 Å². The van der Waals surface area contributed by atoms with Gasteiger partial charge in [-0.3, -0.25) is 15.0 Å². The molecule has 4 amide bonds. The third kappa shape index (κ3) is 12.7. The molecule has 1 atom stereocenters. The maximum atomic E-state index is 14.4. The topological polar surface area (TPSA) is 204 Å². The van der Waals surface area contributed by atoms with E-state index in [0.717, 1.165) is 22.3 Å². The molecule has 47 heavy (non-hydrogen) atoms. The number of alkyl halides is 3. The van der Waals surface area contributed by atoms with E-state index in [1.165, 1.54) is 0 Å². The first-order valence-corrected chi connectivity index (χ1v) is 14.4. The first-order chi connectivity index (χ1) is 22.2. The number of urea groups is 1. The van der Waals surface area contributed by atoms with Crippen molar-refractivity contribution < 1.29 is 37.5 Å². The number of nitrogens with two attached hydrogens (primary N) is 2. The number of nitrogens with zero attached hydrogens (tertiary/aromatic N) is 1. The van der Waals surface area contributed by atoms with Gasteiger partial charge in [0.05, 0.1) is 5.92 Å². The number of carbonyl (C=O) groups excluding carboxylic acids is 3. The molecule has 3 rings (SSSR count). The highest BCUT2D eigenvalue weighted by atomic mass is 19.4. The fourth-order valence-corrected chi connectivity index (χ4v) is 4.48. The van der Waals surface area contributed by atoms with Gasteiger partial charge in [0.25, 0.3) is 0 Å². The van der Waals surface area contributed by atoms with Gasteiger partial charge in [0.2, 0.25) is 11.8 Å². The molecule has 0 aromatic heterocycles. The first kappa shape index (κ1) is 37.6. The maximum absolute atomic E-state index is 14.4. The van der Waals surface area contributed by atoms with E-state index in [0.29, 0.717) is 25.9 Å². The van der Waals surface area contributed by atoms with E-state index in [-0.39, 0.29) is 24.4 Å². The van der Waals surface area contributed by atoms with E-state index in [9.17, 15) is 27.6 Å². The molecule has 15 heteroatoms. The molecule has 252 valence electrons. The van der Waals surface area contributed by atoms with Crippen molar-refractivity contribution in [1.82, 2.24) is 20.9 Å². The number of benzene rings is 3. The summed E-state index contributed by atoms with van der Waals surface area (Å²) in [6.45, 7) is 0.876. The second-order valence-corrected chi connectivity index (χ2v) is 10.2. The van der Waals surface area contributed by atoms with Crippen molar-refractivity contribution in [3.8, 4) is 0 Å². The summed E-state index contributed by atoms with van der Waals surface area (Å²) in [5.74, 6) is -4.42. The van der Waals surface area contributed by atoms with E-state index < -0.39 is 30.0 Å². The number of carboxylic acid groups (broad SMARTS) is 1. The monoisotopic (exact) mass is 657 g/mol. The van der Waals surface area contributed by atoms with Crippen LogP contribution in [0, 0.1) is 5.41 Å². The van der Waals surface area contributed by atoms with Gasteiger partial charge in [0, 0.05) is 26.7 Å². The largest absolute Gasteiger partial charge is 0.490 e. The van der Waals surface area contributed by atoms with Gasteiger partial charge in [-0.25, -0.2) is 9.59 Å². The Morgan fingerprint density at radius 2 is 1.34 bits per heavy atom. The number of hydrogen-bond acceptors (Lipinski definition) is 5. The summed E-state index contributed by atoms with van der Waals surface area (Å²) in [5.41, 5.74) is 14.6. The van der Waals surface area contributed by atoms with E-state index in [1.807, 2.05) is 84.9 Å². The third-order valence-corrected chi connectivity index (χ3v) is 6.77. The fourth-order valence-electron chi connectivity index (χ4n) is 4.48. The molecule has 0 fully saturated rings. The van der Waals surface area contributed by atoms with Crippen molar-refractivity contribution in [1.29, 1.82) is 5.41 Å². The Hall–Kier alpha value is -5.60. The number of guanidine groups is 1. The molecule has 3 aromatic carbocycles. The van der Waals surface area contributed by atoms with E-state index in [2.05, 4.69) is 16.0 Å². The Morgan fingerprint density at radius 3 is 1.77 bits per heavy atom. The molecule has 0 saturated carbocycles. The maximum Gasteiger partial charge on any atom is 0.490 e. The number of rotatable bonds is 13. The second kappa shape index (κ2) is 18.4. The third-order valence-electron chi connectivity index (χ3n) is 6.77. The van der Waals surface area contributed by atoms with Gasteiger partial charge in [-0.05, 0) is 35.1 Å². The smallest absolute Gasteiger partial charge is 0.475 e. The van der Waals surface area contributed by atoms with Crippen LogP contribution in [-0.4, -0.2) is 65.6 Å². The zero-order valence-corrected chi connectivity index (χ0v) is 25.6. The minimum Gasteiger partial charge on any atom is -0.475 e. The van der Waals surface area contributed by atoms with Crippen LogP contribution >= 0.6 is 0 Å². The Kier molecular flexibility index (Phi) is 14.7. The molecular formula is C32H38F3N7O5. The molecule has 0 radical (unpaired) electrons. The average Bonchev–Trinajstić information content (AvgIpc) is 3.04. The summed E-state index contributed by atoms with van der Waals surface area (Å²) >= 11 is 0. The summed E-state index contributed by atoms with van der Waals surface area (Å²) < 4.78 is 31.7. The molecule has 12 nitrogen and oxygen atoms in total. The minimum absolute atomic E-state index is 0.159. The van der Waals surface area contributed by atoms with Crippen molar-refractivity contribution in [2.45, 2.75) is 44.1 Å². The van der Waals surface area contributed by atoms with Crippen molar-refractivity contribution >= 4 is 29.8 Å². The molecule has 0 aliphatic carbocycles. The lowest BCUT2D eigenvalue weighted by molar-refractivity contribution is -0.192. The van der Waals surface area contributed by atoms with Crippen LogP contribution < -0.4 is 27.4 Å².